The zero-order valence-electron chi connectivity index (χ0n) is 10.7. The fraction of sp³-hybridized carbons (Fsp3) is 0.667. The molecule has 0 saturated carbocycles. The van der Waals surface area contributed by atoms with Crippen molar-refractivity contribution in [2.24, 2.45) is 5.92 Å². The number of rotatable bonds is 4. The van der Waals surface area contributed by atoms with Gasteiger partial charge in [0.05, 0.1) is 12.0 Å². The number of carbonyl (C=O) groups is 1. The lowest BCUT2D eigenvalue weighted by Crippen LogP contribution is -2.38. The standard InChI is InChI=1S/C12H21N3O/c1-8(2)9(3)14-12(16)6-15-7-13-10(4)11(15)5/h7-9H,6H2,1-5H3,(H,14,16). The smallest absolute Gasteiger partial charge is 0.240 e. The fourth-order valence-electron chi connectivity index (χ4n) is 1.32. The van der Waals surface area contributed by atoms with Gasteiger partial charge >= 0.3 is 0 Å². The summed E-state index contributed by atoms with van der Waals surface area (Å²) < 4.78 is 1.87. The number of hydrogen-bond acceptors (Lipinski definition) is 2. The van der Waals surface area contributed by atoms with Crippen molar-refractivity contribution in [1.82, 2.24) is 14.9 Å². The normalized spacial score (nSPS) is 12.9. The molecule has 0 bridgehead atoms. The summed E-state index contributed by atoms with van der Waals surface area (Å²) in [6.45, 7) is 10.5. The molecule has 1 atom stereocenters. The van der Waals surface area contributed by atoms with E-state index in [4.69, 9.17) is 0 Å². The molecule has 1 N–H and O–H groups in total. The number of amides is 1. The molecule has 1 rings (SSSR count). The highest BCUT2D eigenvalue weighted by Gasteiger charge is 2.12. The second-order valence-electron chi connectivity index (χ2n) is 4.64. The minimum absolute atomic E-state index is 0.0432. The quantitative estimate of drug-likeness (QED) is 0.844. The summed E-state index contributed by atoms with van der Waals surface area (Å²) in [4.78, 5) is 15.9. The summed E-state index contributed by atoms with van der Waals surface area (Å²) in [5.74, 6) is 0.497. The largest absolute Gasteiger partial charge is 0.352 e. The first kappa shape index (κ1) is 12.7. The number of aryl methyl sites for hydroxylation is 1. The Bertz CT molecular complexity index is 368. The van der Waals surface area contributed by atoms with Crippen LogP contribution in [0.15, 0.2) is 6.33 Å². The Balaban J connectivity index is 2.55. The summed E-state index contributed by atoms with van der Waals surface area (Å²) in [5, 5.41) is 2.98. The van der Waals surface area contributed by atoms with Crippen molar-refractivity contribution in [2.75, 3.05) is 0 Å². The number of carbonyl (C=O) groups excluding carboxylic acids is 1. The molecule has 0 aliphatic heterocycles. The van der Waals surface area contributed by atoms with E-state index in [2.05, 4.69) is 24.1 Å². The first-order valence-electron chi connectivity index (χ1n) is 5.69. The predicted molar refractivity (Wildman–Crippen MR) is 64.1 cm³/mol. The Morgan fingerprint density at radius 3 is 2.50 bits per heavy atom. The van der Waals surface area contributed by atoms with Crippen molar-refractivity contribution in [3.63, 3.8) is 0 Å². The summed E-state index contributed by atoms with van der Waals surface area (Å²) in [5.41, 5.74) is 2.03. The topological polar surface area (TPSA) is 46.9 Å². The summed E-state index contributed by atoms with van der Waals surface area (Å²) in [7, 11) is 0. The summed E-state index contributed by atoms with van der Waals surface area (Å²) in [6.07, 6.45) is 1.71. The Morgan fingerprint density at radius 1 is 1.44 bits per heavy atom. The van der Waals surface area contributed by atoms with Gasteiger partial charge in [-0.2, -0.15) is 0 Å². The van der Waals surface area contributed by atoms with Gasteiger partial charge in [0.2, 0.25) is 5.91 Å². The number of aromatic nitrogens is 2. The van der Waals surface area contributed by atoms with E-state index in [-0.39, 0.29) is 11.9 Å². The maximum Gasteiger partial charge on any atom is 0.240 e. The molecule has 0 fully saturated rings. The number of imidazole rings is 1. The van der Waals surface area contributed by atoms with Crippen LogP contribution in [0.4, 0.5) is 0 Å². The van der Waals surface area contributed by atoms with Crippen LogP contribution in [0.2, 0.25) is 0 Å². The van der Waals surface area contributed by atoms with Crippen LogP contribution in [0.3, 0.4) is 0 Å². The van der Waals surface area contributed by atoms with E-state index in [0.717, 1.165) is 11.4 Å². The van der Waals surface area contributed by atoms with Crippen molar-refractivity contribution in [3.05, 3.63) is 17.7 Å². The lowest BCUT2D eigenvalue weighted by atomic mass is 10.1. The third-order valence-corrected chi connectivity index (χ3v) is 3.05. The Kier molecular flexibility index (Phi) is 4.10. The van der Waals surface area contributed by atoms with Crippen LogP contribution in [0.25, 0.3) is 0 Å². The van der Waals surface area contributed by atoms with E-state index in [1.54, 1.807) is 6.33 Å². The van der Waals surface area contributed by atoms with Gasteiger partial charge in [-0.1, -0.05) is 13.8 Å². The highest BCUT2D eigenvalue weighted by molar-refractivity contribution is 5.76. The first-order valence-corrected chi connectivity index (χ1v) is 5.69. The molecule has 1 amide bonds. The molecule has 0 saturated heterocycles. The zero-order chi connectivity index (χ0) is 12.3. The molecule has 90 valence electrons. The van der Waals surface area contributed by atoms with Gasteiger partial charge in [0.15, 0.2) is 0 Å². The summed E-state index contributed by atoms with van der Waals surface area (Å²) >= 11 is 0. The Labute approximate surface area is 97.1 Å². The Morgan fingerprint density at radius 2 is 2.06 bits per heavy atom. The van der Waals surface area contributed by atoms with Gasteiger partial charge in [-0.05, 0) is 26.7 Å². The highest BCUT2D eigenvalue weighted by Crippen LogP contribution is 2.04. The molecular weight excluding hydrogens is 202 g/mol. The lowest BCUT2D eigenvalue weighted by Gasteiger charge is -2.17. The van der Waals surface area contributed by atoms with Crippen molar-refractivity contribution in [1.29, 1.82) is 0 Å². The number of nitrogens with zero attached hydrogens (tertiary/aromatic N) is 2. The van der Waals surface area contributed by atoms with Crippen LogP contribution in [0.1, 0.15) is 32.2 Å². The minimum Gasteiger partial charge on any atom is -0.352 e. The van der Waals surface area contributed by atoms with E-state index in [9.17, 15) is 4.79 Å². The molecule has 0 aliphatic rings. The monoisotopic (exact) mass is 223 g/mol. The molecule has 0 spiro atoms. The molecule has 1 aromatic rings. The van der Waals surface area contributed by atoms with E-state index >= 15 is 0 Å². The second kappa shape index (κ2) is 5.14. The molecule has 4 heteroatoms. The molecule has 0 radical (unpaired) electrons. The van der Waals surface area contributed by atoms with Crippen molar-refractivity contribution in [2.45, 2.75) is 47.2 Å². The van der Waals surface area contributed by atoms with Crippen LogP contribution >= 0.6 is 0 Å². The van der Waals surface area contributed by atoms with E-state index < -0.39 is 0 Å². The van der Waals surface area contributed by atoms with Crippen molar-refractivity contribution >= 4 is 5.91 Å². The van der Waals surface area contributed by atoms with Crippen LogP contribution < -0.4 is 5.32 Å². The molecule has 16 heavy (non-hydrogen) atoms. The van der Waals surface area contributed by atoms with Crippen molar-refractivity contribution < 1.29 is 4.79 Å². The highest BCUT2D eigenvalue weighted by atomic mass is 16.2. The lowest BCUT2D eigenvalue weighted by molar-refractivity contribution is -0.122. The maximum atomic E-state index is 11.7. The molecule has 1 heterocycles. The average molecular weight is 223 g/mol. The van der Waals surface area contributed by atoms with Crippen LogP contribution in [0, 0.1) is 19.8 Å². The molecule has 4 nitrogen and oxygen atoms in total. The SMILES string of the molecule is Cc1ncn(CC(=O)NC(C)C(C)C)c1C. The van der Waals surface area contributed by atoms with Gasteiger partial charge in [0.25, 0.3) is 0 Å². The predicted octanol–water partition coefficient (Wildman–Crippen LogP) is 1.66. The van der Waals surface area contributed by atoms with Crippen molar-refractivity contribution in [3.8, 4) is 0 Å². The average Bonchev–Trinajstić information content (AvgIpc) is 2.49. The first-order chi connectivity index (χ1) is 7.41. The fourth-order valence-corrected chi connectivity index (χ4v) is 1.32. The number of nitrogens with one attached hydrogen (secondary N) is 1. The van der Waals surface area contributed by atoms with Gasteiger partial charge < -0.3 is 9.88 Å². The third-order valence-electron chi connectivity index (χ3n) is 3.05. The second-order valence-corrected chi connectivity index (χ2v) is 4.64. The third kappa shape index (κ3) is 3.08. The molecule has 0 aromatic carbocycles. The molecule has 1 unspecified atom stereocenters. The van der Waals surface area contributed by atoms with Gasteiger partial charge in [-0.3, -0.25) is 4.79 Å². The molecule has 1 aromatic heterocycles. The van der Waals surface area contributed by atoms with Crippen LogP contribution in [-0.4, -0.2) is 21.5 Å². The Hall–Kier alpha value is -1.32. The van der Waals surface area contributed by atoms with E-state index in [1.165, 1.54) is 0 Å². The minimum atomic E-state index is 0.0432. The maximum absolute atomic E-state index is 11.7. The molecular formula is C12H21N3O. The van der Waals surface area contributed by atoms with Gasteiger partial charge in [-0.25, -0.2) is 4.98 Å². The van der Waals surface area contributed by atoms with Gasteiger partial charge in [0.1, 0.15) is 6.54 Å². The van der Waals surface area contributed by atoms with Gasteiger partial charge in [-0.15, -0.1) is 0 Å². The summed E-state index contributed by atoms with van der Waals surface area (Å²) in [6, 6.07) is 0.206. The van der Waals surface area contributed by atoms with Gasteiger partial charge in [0, 0.05) is 11.7 Å². The van der Waals surface area contributed by atoms with E-state index in [1.807, 2.05) is 25.3 Å². The zero-order valence-corrected chi connectivity index (χ0v) is 10.7. The van der Waals surface area contributed by atoms with Crippen LogP contribution in [-0.2, 0) is 11.3 Å². The van der Waals surface area contributed by atoms with Crippen LogP contribution in [0.5, 0.6) is 0 Å². The molecule has 0 aliphatic carbocycles. The number of hydrogen-bond donors (Lipinski definition) is 1. The van der Waals surface area contributed by atoms with E-state index in [0.29, 0.717) is 12.5 Å².